The zero-order valence-corrected chi connectivity index (χ0v) is 16.8. The van der Waals surface area contributed by atoms with Gasteiger partial charge in [-0.15, -0.1) is 0 Å². The van der Waals surface area contributed by atoms with Crippen LogP contribution in [0.4, 0.5) is 10.5 Å². The second-order valence-electron chi connectivity index (χ2n) is 7.65. The second kappa shape index (κ2) is 7.54. The Kier molecular flexibility index (Phi) is 5.51. The molecule has 0 unspecified atom stereocenters. The van der Waals surface area contributed by atoms with Crippen molar-refractivity contribution in [2.45, 2.75) is 45.4 Å². The molecule has 2 aromatic rings. The topological polar surface area (TPSA) is 59.6 Å². The highest BCUT2D eigenvalue weighted by Crippen LogP contribution is 2.36. The van der Waals surface area contributed by atoms with Gasteiger partial charge in [0.1, 0.15) is 0 Å². The molecule has 27 heavy (non-hydrogen) atoms. The SMILES string of the molecule is CC1(C)OB(c2cccc(NC(=O)NCc3ccc(Cl)cc3)c2)OC1(C)C. The molecule has 1 fully saturated rings. The van der Waals surface area contributed by atoms with Gasteiger partial charge in [-0.05, 0) is 63.0 Å². The Morgan fingerprint density at radius 3 is 2.30 bits per heavy atom. The van der Waals surface area contributed by atoms with E-state index in [1.54, 1.807) is 12.1 Å². The maximum Gasteiger partial charge on any atom is 0.494 e. The third kappa shape index (κ3) is 4.64. The standard InChI is InChI=1S/C20H24BClN2O3/c1-19(2)20(3,4)27-21(26-19)15-6-5-7-17(12-15)24-18(25)23-13-14-8-10-16(22)11-9-14/h5-12H,13H2,1-4H3,(H2,23,24,25). The molecule has 1 heterocycles. The third-order valence-electron chi connectivity index (χ3n) is 5.04. The molecule has 0 aliphatic carbocycles. The average Bonchev–Trinajstić information content (AvgIpc) is 2.82. The van der Waals surface area contributed by atoms with Crippen molar-refractivity contribution in [3.05, 3.63) is 59.1 Å². The van der Waals surface area contributed by atoms with Crippen LogP contribution in [-0.4, -0.2) is 24.4 Å². The molecule has 0 aromatic heterocycles. The number of anilines is 1. The predicted octanol–water partition coefficient (Wildman–Crippen LogP) is 3.96. The molecule has 5 nitrogen and oxygen atoms in total. The fourth-order valence-corrected chi connectivity index (χ4v) is 2.83. The van der Waals surface area contributed by atoms with E-state index in [1.807, 2.05) is 64.1 Å². The summed E-state index contributed by atoms with van der Waals surface area (Å²) in [6.07, 6.45) is 0. The summed E-state index contributed by atoms with van der Waals surface area (Å²) in [5.41, 5.74) is 1.70. The number of hydrogen-bond donors (Lipinski definition) is 2. The lowest BCUT2D eigenvalue weighted by molar-refractivity contribution is 0.00578. The van der Waals surface area contributed by atoms with Crippen LogP contribution in [0.2, 0.25) is 5.02 Å². The minimum absolute atomic E-state index is 0.281. The summed E-state index contributed by atoms with van der Waals surface area (Å²) in [7, 11) is -0.464. The molecule has 1 aliphatic heterocycles. The van der Waals surface area contributed by atoms with Gasteiger partial charge in [-0.1, -0.05) is 35.9 Å². The highest BCUT2D eigenvalue weighted by molar-refractivity contribution is 6.62. The van der Waals surface area contributed by atoms with E-state index in [2.05, 4.69) is 10.6 Å². The molecule has 2 aromatic carbocycles. The monoisotopic (exact) mass is 386 g/mol. The first-order chi connectivity index (χ1) is 12.7. The number of benzene rings is 2. The number of carbonyl (C=O) groups is 1. The van der Waals surface area contributed by atoms with Gasteiger partial charge < -0.3 is 19.9 Å². The van der Waals surface area contributed by atoms with Crippen molar-refractivity contribution >= 4 is 35.9 Å². The highest BCUT2D eigenvalue weighted by Gasteiger charge is 2.51. The summed E-state index contributed by atoms with van der Waals surface area (Å²) >= 11 is 5.87. The molecule has 2 N–H and O–H groups in total. The molecule has 0 spiro atoms. The Labute approximate surface area is 165 Å². The highest BCUT2D eigenvalue weighted by atomic mass is 35.5. The summed E-state index contributed by atoms with van der Waals surface area (Å²) in [5, 5.41) is 6.34. The van der Waals surface area contributed by atoms with E-state index < -0.39 is 18.3 Å². The van der Waals surface area contributed by atoms with Crippen molar-refractivity contribution in [1.29, 1.82) is 0 Å². The lowest BCUT2D eigenvalue weighted by atomic mass is 9.79. The Morgan fingerprint density at radius 2 is 1.67 bits per heavy atom. The van der Waals surface area contributed by atoms with Gasteiger partial charge in [-0.3, -0.25) is 0 Å². The van der Waals surface area contributed by atoms with E-state index in [9.17, 15) is 4.79 Å². The summed E-state index contributed by atoms with van der Waals surface area (Å²) < 4.78 is 12.1. The molecule has 7 heteroatoms. The van der Waals surface area contributed by atoms with Gasteiger partial charge in [-0.2, -0.15) is 0 Å². The van der Waals surface area contributed by atoms with E-state index in [1.165, 1.54) is 0 Å². The van der Waals surface area contributed by atoms with Crippen molar-refractivity contribution in [3.63, 3.8) is 0 Å². The molecule has 1 aliphatic rings. The van der Waals surface area contributed by atoms with Gasteiger partial charge in [0.15, 0.2) is 0 Å². The Morgan fingerprint density at radius 1 is 1.04 bits per heavy atom. The van der Waals surface area contributed by atoms with Crippen molar-refractivity contribution in [1.82, 2.24) is 5.32 Å². The lowest BCUT2D eigenvalue weighted by Crippen LogP contribution is -2.41. The maximum atomic E-state index is 12.2. The summed E-state index contributed by atoms with van der Waals surface area (Å²) in [6, 6.07) is 14.6. The van der Waals surface area contributed by atoms with Gasteiger partial charge in [-0.25, -0.2) is 4.79 Å². The van der Waals surface area contributed by atoms with Gasteiger partial charge >= 0.3 is 13.1 Å². The van der Waals surface area contributed by atoms with Gasteiger partial charge in [0.25, 0.3) is 0 Å². The largest absolute Gasteiger partial charge is 0.494 e. The molecule has 0 atom stereocenters. The van der Waals surface area contributed by atoms with Crippen LogP contribution in [0.15, 0.2) is 48.5 Å². The zero-order chi connectivity index (χ0) is 19.7. The summed E-state index contributed by atoms with van der Waals surface area (Å²) in [5.74, 6) is 0. The third-order valence-corrected chi connectivity index (χ3v) is 5.29. The Balaban J connectivity index is 1.61. The molecule has 142 valence electrons. The van der Waals surface area contributed by atoms with E-state index >= 15 is 0 Å². The number of halogens is 1. The van der Waals surface area contributed by atoms with Crippen molar-refractivity contribution in [3.8, 4) is 0 Å². The van der Waals surface area contributed by atoms with Crippen LogP contribution < -0.4 is 16.1 Å². The first-order valence-corrected chi connectivity index (χ1v) is 9.29. The van der Waals surface area contributed by atoms with Gasteiger partial charge in [0, 0.05) is 17.3 Å². The van der Waals surface area contributed by atoms with Crippen molar-refractivity contribution in [2.24, 2.45) is 0 Å². The number of urea groups is 1. The number of hydrogen-bond acceptors (Lipinski definition) is 3. The smallest absolute Gasteiger partial charge is 0.399 e. The molecule has 0 saturated carbocycles. The lowest BCUT2D eigenvalue weighted by Gasteiger charge is -2.32. The molecule has 2 amide bonds. The molecule has 0 radical (unpaired) electrons. The maximum absolute atomic E-state index is 12.2. The van der Waals surface area contributed by atoms with E-state index in [0.29, 0.717) is 17.3 Å². The summed E-state index contributed by atoms with van der Waals surface area (Å²) in [6.45, 7) is 8.47. The second-order valence-corrected chi connectivity index (χ2v) is 8.08. The minimum atomic E-state index is -0.464. The predicted molar refractivity (Wildman–Crippen MR) is 109 cm³/mol. The molecule has 1 saturated heterocycles. The number of rotatable bonds is 4. The zero-order valence-electron chi connectivity index (χ0n) is 16.0. The first-order valence-electron chi connectivity index (χ1n) is 8.91. The van der Waals surface area contributed by atoms with Crippen LogP contribution in [0, 0.1) is 0 Å². The van der Waals surface area contributed by atoms with Crippen LogP contribution in [0.25, 0.3) is 0 Å². The average molecular weight is 387 g/mol. The first kappa shape index (κ1) is 19.7. The molecule has 0 bridgehead atoms. The molecular formula is C20H24BClN2O3. The van der Waals surface area contributed by atoms with Gasteiger partial charge in [0.2, 0.25) is 0 Å². The Hall–Kier alpha value is -2.02. The van der Waals surface area contributed by atoms with E-state index in [0.717, 1.165) is 11.0 Å². The van der Waals surface area contributed by atoms with Crippen LogP contribution in [-0.2, 0) is 15.9 Å². The van der Waals surface area contributed by atoms with Crippen LogP contribution in [0.1, 0.15) is 33.3 Å². The number of nitrogens with one attached hydrogen (secondary N) is 2. The van der Waals surface area contributed by atoms with Gasteiger partial charge in [0.05, 0.1) is 11.2 Å². The summed E-state index contributed by atoms with van der Waals surface area (Å²) in [4.78, 5) is 12.2. The van der Waals surface area contributed by atoms with E-state index in [4.69, 9.17) is 20.9 Å². The van der Waals surface area contributed by atoms with Crippen LogP contribution >= 0.6 is 11.6 Å². The van der Waals surface area contributed by atoms with Crippen LogP contribution in [0.3, 0.4) is 0 Å². The fourth-order valence-electron chi connectivity index (χ4n) is 2.70. The molecule has 3 rings (SSSR count). The van der Waals surface area contributed by atoms with Crippen LogP contribution in [0.5, 0.6) is 0 Å². The number of carbonyl (C=O) groups excluding carboxylic acids is 1. The van der Waals surface area contributed by atoms with E-state index in [-0.39, 0.29) is 6.03 Å². The molecular weight excluding hydrogens is 362 g/mol. The van der Waals surface area contributed by atoms with Crippen molar-refractivity contribution in [2.75, 3.05) is 5.32 Å². The minimum Gasteiger partial charge on any atom is -0.399 e. The van der Waals surface area contributed by atoms with Crippen molar-refractivity contribution < 1.29 is 14.1 Å². The normalized spacial score (nSPS) is 17.6. The number of amides is 2. The quantitative estimate of drug-likeness (QED) is 0.782. The Bertz CT molecular complexity index is 808. The fraction of sp³-hybridized carbons (Fsp3) is 0.350.